The molecule has 2 aromatic carbocycles. The molecule has 8 heteroatoms. The number of carbonyl (C=O) groups excluding carboxylic acids is 2. The van der Waals surface area contributed by atoms with Crippen LogP contribution in [-0.4, -0.2) is 25.6 Å². The molecular weight excluding hydrogens is 410 g/mol. The van der Waals surface area contributed by atoms with Gasteiger partial charge >= 0.3 is 5.97 Å². The molecule has 3 aromatic rings. The normalized spacial score (nSPS) is 10.3. The van der Waals surface area contributed by atoms with E-state index in [9.17, 15) is 9.59 Å². The van der Waals surface area contributed by atoms with Gasteiger partial charge < -0.3 is 23.9 Å². The lowest BCUT2D eigenvalue weighted by atomic mass is 10.2. The van der Waals surface area contributed by atoms with E-state index in [1.807, 2.05) is 12.1 Å². The molecule has 1 aromatic heterocycles. The number of esters is 1. The zero-order valence-electron chi connectivity index (χ0n) is 16.2. The third-order valence-electron chi connectivity index (χ3n) is 4.08. The van der Waals surface area contributed by atoms with E-state index in [4.69, 9.17) is 30.2 Å². The summed E-state index contributed by atoms with van der Waals surface area (Å²) in [6, 6.07) is 15.4. The molecule has 0 fully saturated rings. The molecule has 7 nitrogen and oxygen atoms in total. The molecule has 1 N–H and O–H groups in total. The van der Waals surface area contributed by atoms with Crippen molar-refractivity contribution < 1.29 is 28.2 Å². The molecule has 0 aliphatic carbocycles. The molecule has 0 aliphatic heterocycles. The van der Waals surface area contributed by atoms with Gasteiger partial charge in [-0.2, -0.15) is 0 Å². The van der Waals surface area contributed by atoms with Crippen LogP contribution in [0.2, 0.25) is 5.02 Å². The molecule has 0 aliphatic rings. The molecule has 0 bridgehead atoms. The summed E-state index contributed by atoms with van der Waals surface area (Å²) in [5, 5.41) is 3.24. The van der Waals surface area contributed by atoms with Gasteiger partial charge in [0.25, 0.3) is 5.91 Å². The Morgan fingerprint density at radius 2 is 1.87 bits per heavy atom. The second-order valence-electron chi connectivity index (χ2n) is 6.21. The average Bonchev–Trinajstić information content (AvgIpc) is 3.29. The quantitative estimate of drug-likeness (QED) is 0.517. The van der Waals surface area contributed by atoms with Crippen molar-refractivity contribution in [3.63, 3.8) is 0 Å². The first-order valence-electron chi connectivity index (χ1n) is 9.06. The van der Waals surface area contributed by atoms with Gasteiger partial charge in [0, 0.05) is 5.02 Å². The van der Waals surface area contributed by atoms with Gasteiger partial charge in [-0.3, -0.25) is 4.79 Å². The molecule has 156 valence electrons. The zero-order chi connectivity index (χ0) is 21.3. The number of nitrogens with one attached hydrogen (secondary N) is 1. The summed E-state index contributed by atoms with van der Waals surface area (Å²) in [7, 11) is 1.47. The number of carbonyl (C=O) groups is 2. The number of amides is 1. The first-order valence-corrected chi connectivity index (χ1v) is 9.44. The van der Waals surface area contributed by atoms with Crippen molar-refractivity contribution in [2.45, 2.75) is 13.2 Å². The van der Waals surface area contributed by atoms with Crippen molar-refractivity contribution in [2.75, 3.05) is 13.7 Å². The van der Waals surface area contributed by atoms with Crippen molar-refractivity contribution in [3.05, 3.63) is 82.8 Å². The average molecular weight is 430 g/mol. The minimum absolute atomic E-state index is 0.219. The summed E-state index contributed by atoms with van der Waals surface area (Å²) in [4.78, 5) is 24.1. The summed E-state index contributed by atoms with van der Waals surface area (Å²) >= 11 is 5.88. The van der Waals surface area contributed by atoms with Gasteiger partial charge in [-0.05, 0) is 48.0 Å². The van der Waals surface area contributed by atoms with Crippen LogP contribution in [0, 0.1) is 0 Å². The van der Waals surface area contributed by atoms with E-state index in [1.165, 1.54) is 19.4 Å². The van der Waals surface area contributed by atoms with Crippen molar-refractivity contribution in [1.82, 2.24) is 5.32 Å². The second kappa shape index (κ2) is 10.4. The lowest BCUT2D eigenvalue weighted by Gasteiger charge is -2.12. The Hall–Kier alpha value is -3.45. The maximum Gasteiger partial charge on any atom is 0.338 e. The predicted molar refractivity (Wildman–Crippen MR) is 110 cm³/mol. The molecule has 0 saturated heterocycles. The highest BCUT2D eigenvalue weighted by molar-refractivity contribution is 6.30. The summed E-state index contributed by atoms with van der Waals surface area (Å²) in [5.41, 5.74) is 1.18. The van der Waals surface area contributed by atoms with Crippen LogP contribution >= 0.6 is 11.6 Å². The summed E-state index contributed by atoms with van der Waals surface area (Å²) in [6.45, 7) is 0.126. The maximum absolute atomic E-state index is 12.2. The Morgan fingerprint density at radius 1 is 1.07 bits per heavy atom. The Labute approximate surface area is 178 Å². The van der Waals surface area contributed by atoms with E-state index in [-0.39, 0.29) is 12.1 Å². The topological polar surface area (TPSA) is 87.0 Å². The van der Waals surface area contributed by atoms with Crippen LogP contribution < -0.4 is 14.8 Å². The van der Waals surface area contributed by atoms with Crippen molar-refractivity contribution >= 4 is 23.5 Å². The third kappa shape index (κ3) is 6.02. The predicted octanol–water partition coefficient (Wildman–Crippen LogP) is 3.99. The first-order chi connectivity index (χ1) is 14.5. The van der Waals surface area contributed by atoms with Crippen LogP contribution in [0.25, 0.3) is 0 Å². The fraction of sp³-hybridized carbons (Fsp3) is 0.182. The molecule has 1 amide bonds. The van der Waals surface area contributed by atoms with E-state index >= 15 is 0 Å². The number of furan rings is 1. The molecule has 0 radical (unpaired) electrons. The van der Waals surface area contributed by atoms with E-state index in [2.05, 4.69) is 5.32 Å². The Bertz CT molecular complexity index is 985. The number of hydrogen-bond donors (Lipinski definition) is 1. The molecule has 0 atom stereocenters. The lowest BCUT2D eigenvalue weighted by Crippen LogP contribution is -2.28. The van der Waals surface area contributed by atoms with Crippen molar-refractivity contribution in [3.8, 4) is 11.5 Å². The standard InChI is InChI=1S/C22H20ClNO6/c1-27-20-11-16(6-9-19(20)29-13-15-4-7-17(23)8-5-15)22(26)30-14-21(25)24-12-18-3-2-10-28-18/h2-11H,12-14H2,1H3,(H,24,25). The van der Waals surface area contributed by atoms with Gasteiger partial charge in [-0.1, -0.05) is 23.7 Å². The van der Waals surface area contributed by atoms with Crippen LogP contribution in [0.15, 0.2) is 65.3 Å². The summed E-state index contributed by atoms with van der Waals surface area (Å²) < 4.78 is 21.2. The Kier molecular flexibility index (Phi) is 7.34. The van der Waals surface area contributed by atoms with Crippen LogP contribution in [0.4, 0.5) is 0 Å². The van der Waals surface area contributed by atoms with Crippen LogP contribution in [0.5, 0.6) is 11.5 Å². The van der Waals surface area contributed by atoms with E-state index < -0.39 is 18.5 Å². The highest BCUT2D eigenvalue weighted by Gasteiger charge is 2.14. The molecule has 3 rings (SSSR count). The van der Waals surface area contributed by atoms with Gasteiger partial charge in [-0.15, -0.1) is 0 Å². The van der Waals surface area contributed by atoms with E-state index in [1.54, 1.807) is 36.4 Å². The Balaban J connectivity index is 1.53. The fourth-order valence-corrected chi connectivity index (χ4v) is 2.65. The van der Waals surface area contributed by atoms with E-state index in [0.29, 0.717) is 28.9 Å². The number of benzene rings is 2. The van der Waals surface area contributed by atoms with Crippen LogP contribution in [0.3, 0.4) is 0 Å². The first kappa shape index (κ1) is 21.3. The largest absolute Gasteiger partial charge is 0.493 e. The van der Waals surface area contributed by atoms with Gasteiger partial charge in [0.05, 0.1) is 25.5 Å². The van der Waals surface area contributed by atoms with Crippen molar-refractivity contribution in [2.24, 2.45) is 0 Å². The molecule has 1 heterocycles. The molecule has 0 saturated carbocycles. The van der Waals surface area contributed by atoms with Crippen LogP contribution in [-0.2, 0) is 22.7 Å². The smallest absolute Gasteiger partial charge is 0.338 e. The SMILES string of the molecule is COc1cc(C(=O)OCC(=O)NCc2ccco2)ccc1OCc1ccc(Cl)cc1. The second-order valence-corrected chi connectivity index (χ2v) is 6.65. The maximum atomic E-state index is 12.2. The zero-order valence-corrected chi connectivity index (χ0v) is 17.0. The number of methoxy groups -OCH3 is 1. The molecule has 30 heavy (non-hydrogen) atoms. The monoisotopic (exact) mass is 429 g/mol. The fourth-order valence-electron chi connectivity index (χ4n) is 2.52. The third-order valence-corrected chi connectivity index (χ3v) is 4.33. The minimum atomic E-state index is -0.648. The van der Waals surface area contributed by atoms with Crippen molar-refractivity contribution in [1.29, 1.82) is 0 Å². The molecule has 0 unspecified atom stereocenters. The van der Waals surface area contributed by atoms with Gasteiger partial charge in [0.15, 0.2) is 18.1 Å². The number of hydrogen-bond acceptors (Lipinski definition) is 6. The summed E-state index contributed by atoms with van der Waals surface area (Å²) in [5.74, 6) is 0.370. The van der Waals surface area contributed by atoms with Gasteiger partial charge in [0.2, 0.25) is 0 Å². The highest BCUT2D eigenvalue weighted by atomic mass is 35.5. The van der Waals surface area contributed by atoms with Gasteiger partial charge in [0.1, 0.15) is 12.4 Å². The number of halogens is 1. The lowest BCUT2D eigenvalue weighted by molar-refractivity contribution is -0.124. The van der Waals surface area contributed by atoms with E-state index in [0.717, 1.165) is 5.56 Å². The highest BCUT2D eigenvalue weighted by Crippen LogP contribution is 2.29. The summed E-state index contributed by atoms with van der Waals surface area (Å²) in [6.07, 6.45) is 1.51. The minimum Gasteiger partial charge on any atom is -0.493 e. The van der Waals surface area contributed by atoms with Crippen LogP contribution in [0.1, 0.15) is 21.7 Å². The number of ether oxygens (including phenoxy) is 3. The number of rotatable bonds is 9. The Morgan fingerprint density at radius 3 is 2.57 bits per heavy atom. The molecule has 0 spiro atoms. The molecular formula is C22H20ClNO6. The van der Waals surface area contributed by atoms with Gasteiger partial charge in [-0.25, -0.2) is 4.79 Å².